The van der Waals surface area contributed by atoms with Gasteiger partial charge in [0, 0.05) is 43.2 Å². The number of likely N-dealkylation sites (tertiary alicyclic amines) is 1. The van der Waals surface area contributed by atoms with Crippen molar-refractivity contribution in [2.24, 2.45) is 11.8 Å². The number of nitrogens with zero attached hydrogens (tertiary/aromatic N) is 4. The third kappa shape index (κ3) is 5.93. The summed E-state index contributed by atoms with van der Waals surface area (Å²) in [6.45, 7) is 17.9. The molecule has 3 saturated heterocycles. The lowest BCUT2D eigenvalue weighted by atomic mass is 9.70. The van der Waals surface area contributed by atoms with Gasteiger partial charge in [0.1, 0.15) is 17.4 Å². The quantitative estimate of drug-likeness (QED) is 0.287. The second kappa shape index (κ2) is 14.3. The molecular formula is C37H48N4O6. The Hall–Kier alpha value is -4.15. The largest absolute Gasteiger partial charge is 0.494 e. The molecule has 1 N–H and O–H groups in total. The van der Waals surface area contributed by atoms with Crippen molar-refractivity contribution in [3.05, 3.63) is 73.8 Å². The smallest absolute Gasteiger partial charge is 0.253 e. The number of ether oxygens (including phenoxy) is 2. The van der Waals surface area contributed by atoms with E-state index in [2.05, 4.69) is 31.9 Å². The van der Waals surface area contributed by atoms with Gasteiger partial charge in [0.05, 0.1) is 37.2 Å². The normalized spacial score (nSPS) is 24.9. The number of amides is 3. The minimum atomic E-state index is -1.21. The number of fused-ring (bicyclic) bond motifs is 1. The topological polar surface area (TPSA) is 103 Å². The van der Waals surface area contributed by atoms with E-state index in [-0.39, 0.29) is 37.4 Å². The first kappa shape index (κ1) is 34.2. The molecule has 10 heteroatoms. The highest BCUT2D eigenvalue weighted by Gasteiger charge is 2.75. The van der Waals surface area contributed by atoms with Crippen LogP contribution in [0.25, 0.3) is 0 Å². The van der Waals surface area contributed by atoms with Crippen molar-refractivity contribution < 1.29 is 29.0 Å². The predicted octanol–water partition coefficient (Wildman–Crippen LogP) is 4.43. The third-order valence-electron chi connectivity index (χ3n) is 9.90. The van der Waals surface area contributed by atoms with Gasteiger partial charge < -0.3 is 34.2 Å². The van der Waals surface area contributed by atoms with Gasteiger partial charge in [0.2, 0.25) is 11.8 Å². The fraction of sp³-hybridized carbons (Fsp3) is 0.486. The number of aliphatic hydroxyl groups is 1. The van der Waals surface area contributed by atoms with Gasteiger partial charge in [-0.15, -0.1) is 13.2 Å². The van der Waals surface area contributed by atoms with E-state index in [1.54, 1.807) is 28.9 Å². The summed E-state index contributed by atoms with van der Waals surface area (Å²) in [6, 6.07) is 13.4. The van der Waals surface area contributed by atoms with E-state index in [0.717, 1.165) is 18.8 Å². The maximum Gasteiger partial charge on any atom is 0.253 e. The average Bonchev–Trinajstić information content (AvgIpc) is 3.74. The van der Waals surface area contributed by atoms with Crippen LogP contribution in [-0.2, 0) is 19.1 Å². The maximum atomic E-state index is 14.8. The summed E-state index contributed by atoms with van der Waals surface area (Å²) in [5.74, 6) is -1.89. The van der Waals surface area contributed by atoms with Gasteiger partial charge in [0.15, 0.2) is 0 Å². The van der Waals surface area contributed by atoms with E-state index in [9.17, 15) is 19.5 Å². The Bertz CT molecular complexity index is 1460. The number of carbonyl (C=O) groups is 3. The molecule has 2 aromatic carbocycles. The monoisotopic (exact) mass is 644 g/mol. The molecule has 5 rings (SSSR count). The first-order chi connectivity index (χ1) is 22.7. The highest BCUT2D eigenvalue weighted by molar-refractivity contribution is 6.06. The van der Waals surface area contributed by atoms with Crippen molar-refractivity contribution >= 4 is 34.8 Å². The van der Waals surface area contributed by atoms with Gasteiger partial charge in [0.25, 0.3) is 5.91 Å². The van der Waals surface area contributed by atoms with E-state index in [1.165, 1.54) is 4.90 Å². The Labute approximate surface area is 278 Å². The van der Waals surface area contributed by atoms with Gasteiger partial charge >= 0.3 is 0 Å². The number of rotatable bonds is 15. The highest BCUT2D eigenvalue weighted by atomic mass is 16.5. The first-order valence-corrected chi connectivity index (χ1v) is 16.7. The molecule has 1 spiro atoms. The van der Waals surface area contributed by atoms with E-state index in [4.69, 9.17) is 9.47 Å². The SMILES string of the molecule is C=CCN(C(=O)C1N([C@H](C)CO)C(=O)[C@@H]2[C@H](C(=O)N(CC=C)c3ccc(OCC)cc3)[C@@H]3CCC12O3)c1ccc(N(CC)CC)cc1. The number of aliphatic hydroxyl groups excluding tert-OH is 1. The Morgan fingerprint density at radius 2 is 1.53 bits per heavy atom. The highest BCUT2D eigenvalue weighted by Crippen LogP contribution is 2.59. The van der Waals surface area contributed by atoms with Crippen LogP contribution >= 0.6 is 0 Å². The molecule has 6 atom stereocenters. The zero-order chi connectivity index (χ0) is 33.9. The van der Waals surface area contributed by atoms with Gasteiger partial charge in [-0.3, -0.25) is 14.4 Å². The molecule has 2 unspecified atom stereocenters. The lowest BCUT2D eigenvalue weighted by Crippen LogP contribution is -2.58. The van der Waals surface area contributed by atoms with E-state index in [0.29, 0.717) is 36.6 Å². The third-order valence-corrected chi connectivity index (χ3v) is 9.90. The molecule has 3 aliphatic rings. The molecule has 47 heavy (non-hydrogen) atoms. The van der Waals surface area contributed by atoms with Gasteiger partial charge in [-0.2, -0.15) is 0 Å². The lowest BCUT2D eigenvalue weighted by molar-refractivity contribution is -0.143. The lowest BCUT2D eigenvalue weighted by Gasteiger charge is -2.38. The van der Waals surface area contributed by atoms with Crippen LogP contribution in [0.15, 0.2) is 73.8 Å². The predicted molar refractivity (Wildman–Crippen MR) is 184 cm³/mol. The van der Waals surface area contributed by atoms with Gasteiger partial charge in [-0.05, 0) is 89.1 Å². The van der Waals surface area contributed by atoms with Crippen molar-refractivity contribution in [1.82, 2.24) is 4.90 Å². The van der Waals surface area contributed by atoms with Gasteiger partial charge in [-0.1, -0.05) is 12.2 Å². The number of hydrogen-bond acceptors (Lipinski definition) is 7. The molecule has 0 aromatic heterocycles. The Morgan fingerprint density at radius 3 is 2.06 bits per heavy atom. The molecule has 0 saturated carbocycles. The second-order valence-corrected chi connectivity index (χ2v) is 12.4. The summed E-state index contributed by atoms with van der Waals surface area (Å²) in [5.41, 5.74) is 1.16. The van der Waals surface area contributed by atoms with Crippen LogP contribution in [0, 0.1) is 11.8 Å². The minimum Gasteiger partial charge on any atom is -0.494 e. The Balaban J connectivity index is 1.52. The summed E-state index contributed by atoms with van der Waals surface area (Å²) in [5, 5.41) is 10.3. The van der Waals surface area contributed by atoms with Crippen LogP contribution in [0.4, 0.5) is 17.1 Å². The molecule has 2 aromatic rings. The molecule has 252 valence electrons. The second-order valence-electron chi connectivity index (χ2n) is 12.4. The summed E-state index contributed by atoms with van der Waals surface area (Å²) in [6.07, 6.45) is 3.78. The number of hydrogen-bond donors (Lipinski definition) is 1. The molecule has 0 radical (unpaired) electrons. The fourth-order valence-corrected chi connectivity index (χ4v) is 7.77. The van der Waals surface area contributed by atoms with E-state index >= 15 is 0 Å². The number of benzene rings is 2. The zero-order valence-electron chi connectivity index (χ0n) is 28.0. The molecule has 0 aliphatic carbocycles. The number of carbonyl (C=O) groups excluding carboxylic acids is 3. The van der Waals surface area contributed by atoms with Crippen LogP contribution in [0.1, 0.15) is 40.5 Å². The van der Waals surface area contributed by atoms with Crippen molar-refractivity contribution in [2.75, 3.05) is 54.1 Å². The molecule has 2 bridgehead atoms. The molecule has 3 fully saturated rings. The van der Waals surface area contributed by atoms with Crippen LogP contribution in [0.2, 0.25) is 0 Å². The fourth-order valence-electron chi connectivity index (χ4n) is 7.77. The minimum absolute atomic E-state index is 0.215. The van der Waals surface area contributed by atoms with Crippen LogP contribution in [0.5, 0.6) is 5.75 Å². The van der Waals surface area contributed by atoms with E-state index in [1.807, 2.05) is 55.5 Å². The molecule has 10 nitrogen and oxygen atoms in total. The summed E-state index contributed by atoms with van der Waals surface area (Å²) < 4.78 is 12.3. The van der Waals surface area contributed by atoms with Gasteiger partial charge in [-0.25, -0.2) is 0 Å². The first-order valence-electron chi connectivity index (χ1n) is 16.7. The summed E-state index contributed by atoms with van der Waals surface area (Å²) in [7, 11) is 0. The molecular weight excluding hydrogens is 596 g/mol. The van der Waals surface area contributed by atoms with Crippen molar-refractivity contribution in [3.8, 4) is 5.75 Å². The van der Waals surface area contributed by atoms with E-state index < -0.39 is 35.6 Å². The van der Waals surface area contributed by atoms with Crippen LogP contribution < -0.4 is 19.4 Å². The molecule has 3 aliphatic heterocycles. The molecule has 3 heterocycles. The van der Waals surface area contributed by atoms with Crippen LogP contribution in [0.3, 0.4) is 0 Å². The number of anilines is 3. The average molecular weight is 645 g/mol. The van der Waals surface area contributed by atoms with Crippen molar-refractivity contribution in [2.45, 2.75) is 64.3 Å². The summed E-state index contributed by atoms with van der Waals surface area (Å²) in [4.78, 5) is 50.7. The Morgan fingerprint density at radius 1 is 0.979 bits per heavy atom. The summed E-state index contributed by atoms with van der Waals surface area (Å²) >= 11 is 0. The Kier molecular flexibility index (Phi) is 10.4. The molecule has 3 amide bonds. The standard InChI is InChI=1S/C37H48N4O6/c1-7-22-39(28-16-18-29(19-17-28)46-11-5)34(43)31-30-20-21-37(47-30)32(31)35(44)41(25(6)24-42)33(37)36(45)40(23-8-2)27-14-12-26(13-15-27)38(9-3)10-4/h7-8,12-19,25,30-33,42H,1-2,9-11,20-24H2,3-6H3/t25-,30+,31-,32+,33?,37?/m1/s1. The maximum absolute atomic E-state index is 14.8. The van der Waals surface area contributed by atoms with Crippen molar-refractivity contribution in [1.29, 1.82) is 0 Å². The van der Waals surface area contributed by atoms with Crippen LogP contribution in [-0.4, -0.2) is 90.9 Å². The van der Waals surface area contributed by atoms with Crippen molar-refractivity contribution in [3.63, 3.8) is 0 Å². The zero-order valence-corrected chi connectivity index (χ0v) is 28.0.